The number of methoxy groups -OCH3 is 1. The van der Waals surface area contributed by atoms with Crippen LogP contribution in [0.1, 0.15) is 26.7 Å². The van der Waals surface area contributed by atoms with Gasteiger partial charge in [0, 0.05) is 18.8 Å². The third-order valence-corrected chi connectivity index (χ3v) is 4.40. The maximum absolute atomic E-state index is 5.73. The van der Waals surface area contributed by atoms with E-state index in [1.165, 1.54) is 12.1 Å². The van der Waals surface area contributed by atoms with Crippen LogP contribution >= 0.6 is 0 Å². The van der Waals surface area contributed by atoms with Crippen molar-refractivity contribution in [1.29, 1.82) is 0 Å². The van der Waals surface area contributed by atoms with Crippen molar-refractivity contribution in [2.24, 2.45) is 17.1 Å². The lowest BCUT2D eigenvalue weighted by atomic mass is 9.72. The summed E-state index contributed by atoms with van der Waals surface area (Å²) in [6.45, 7) is 7.76. The number of hydrogen-bond donors (Lipinski definition) is 1. The summed E-state index contributed by atoms with van der Waals surface area (Å²) < 4.78 is 5.21. The zero-order chi connectivity index (χ0) is 13.9. The third-order valence-electron chi connectivity index (χ3n) is 4.40. The summed E-state index contributed by atoms with van der Waals surface area (Å²) in [5.74, 6) is 1.66. The lowest BCUT2D eigenvalue weighted by Crippen LogP contribution is -2.46. The fraction of sp³-hybridized carbons (Fsp3) is 0.625. The van der Waals surface area contributed by atoms with Crippen LogP contribution < -0.4 is 15.4 Å². The van der Waals surface area contributed by atoms with Crippen LogP contribution in [-0.4, -0.2) is 26.7 Å². The van der Waals surface area contributed by atoms with Gasteiger partial charge in [-0.2, -0.15) is 0 Å². The summed E-state index contributed by atoms with van der Waals surface area (Å²) in [5.41, 5.74) is 7.35. The molecule has 3 heteroatoms. The number of nitrogens with zero attached hydrogens (tertiary/aromatic N) is 1. The second kappa shape index (κ2) is 5.83. The predicted octanol–water partition coefficient (Wildman–Crippen LogP) is 2.90. The van der Waals surface area contributed by atoms with Crippen LogP contribution in [0.4, 0.5) is 5.69 Å². The Kier molecular flexibility index (Phi) is 4.35. The number of rotatable bonds is 4. The molecular formula is C16H26N2O. The Balaban J connectivity index is 2.07. The van der Waals surface area contributed by atoms with Gasteiger partial charge in [-0.15, -0.1) is 0 Å². The van der Waals surface area contributed by atoms with Crippen molar-refractivity contribution >= 4 is 5.69 Å². The Labute approximate surface area is 116 Å². The molecule has 2 N–H and O–H groups in total. The summed E-state index contributed by atoms with van der Waals surface area (Å²) in [7, 11) is 1.70. The number of hydrogen-bond acceptors (Lipinski definition) is 3. The first-order valence-electron chi connectivity index (χ1n) is 7.16. The standard InChI is InChI=1S/C16H26N2O/c1-16(2)12-18(11-9-13(16)8-10-17)14-4-6-15(19-3)7-5-14/h4-7,13H,8-12,17H2,1-3H3. The first-order chi connectivity index (χ1) is 9.06. The van der Waals surface area contributed by atoms with E-state index in [2.05, 4.69) is 30.9 Å². The Morgan fingerprint density at radius 1 is 1.32 bits per heavy atom. The molecule has 0 saturated carbocycles. The number of benzene rings is 1. The van der Waals surface area contributed by atoms with E-state index in [1.807, 2.05) is 12.1 Å². The SMILES string of the molecule is COc1ccc(N2CCC(CCN)C(C)(C)C2)cc1. The molecule has 1 aromatic rings. The van der Waals surface area contributed by atoms with Gasteiger partial charge in [0.25, 0.3) is 0 Å². The molecule has 19 heavy (non-hydrogen) atoms. The van der Waals surface area contributed by atoms with Crippen LogP contribution in [-0.2, 0) is 0 Å². The molecule has 1 unspecified atom stereocenters. The largest absolute Gasteiger partial charge is 0.497 e. The van der Waals surface area contributed by atoms with Gasteiger partial charge in [-0.3, -0.25) is 0 Å². The van der Waals surface area contributed by atoms with Crippen LogP contribution in [0.25, 0.3) is 0 Å². The predicted molar refractivity (Wildman–Crippen MR) is 80.8 cm³/mol. The van der Waals surface area contributed by atoms with Crippen molar-refractivity contribution in [2.75, 3.05) is 31.6 Å². The van der Waals surface area contributed by atoms with Gasteiger partial charge in [-0.1, -0.05) is 13.8 Å². The molecule has 1 aromatic carbocycles. The minimum atomic E-state index is 0.331. The molecule has 0 aliphatic carbocycles. The summed E-state index contributed by atoms with van der Waals surface area (Å²) in [5, 5.41) is 0. The highest BCUT2D eigenvalue weighted by Gasteiger charge is 2.35. The van der Waals surface area contributed by atoms with Crippen molar-refractivity contribution in [3.8, 4) is 5.75 Å². The molecular weight excluding hydrogens is 236 g/mol. The lowest BCUT2D eigenvalue weighted by Gasteiger charge is -2.45. The van der Waals surface area contributed by atoms with Gasteiger partial charge in [0.05, 0.1) is 7.11 Å². The Hall–Kier alpha value is -1.22. The van der Waals surface area contributed by atoms with E-state index in [0.29, 0.717) is 5.41 Å². The molecule has 0 bridgehead atoms. The van der Waals surface area contributed by atoms with E-state index < -0.39 is 0 Å². The fourth-order valence-electron chi connectivity index (χ4n) is 3.15. The minimum absolute atomic E-state index is 0.331. The summed E-state index contributed by atoms with van der Waals surface area (Å²) in [4.78, 5) is 2.48. The molecule has 1 heterocycles. The number of piperidine rings is 1. The topological polar surface area (TPSA) is 38.5 Å². The van der Waals surface area contributed by atoms with Gasteiger partial charge >= 0.3 is 0 Å². The Bertz CT molecular complexity index is 400. The fourth-order valence-corrected chi connectivity index (χ4v) is 3.15. The van der Waals surface area contributed by atoms with Crippen molar-refractivity contribution in [3.63, 3.8) is 0 Å². The van der Waals surface area contributed by atoms with E-state index in [1.54, 1.807) is 7.11 Å². The van der Waals surface area contributed by atoms with E-state index in [4.69, 9.17) is 10.5 Å². The normalized spacial score (nSPS) is 22.3. The third kappa shape index (κ3) is 3.21. The van der Waals surface area contributed by atoms with Gasteiger partial charge in [0.2, 0.25) is 0 Å². The highest BCUT2D eigenvalue weighted by atomic mass is 16.5. The van der Waals surface area contributed by atoms with Gasteiger partial charge in [-0.25, -0.2) is 0 Å². The molecule has 0 radical (unpaired) electrons. The molecule has 1 aliphatic heterocycles. The average Bonchev–Trinajstić information content (AvgIpc) is 2.41. The van der Waals surface area contributed by atoms with E-state index in [0.717, 1.165) is 37.7 Å². The van der Waals surface area contributed by atoms with E-state index in [-0.39, 0.29) is 0 Å². The molecule has 1 saturated heterocycles. The maximum atomic E-state index is 5.73. The van der Waals surface area contributed by atoms with E-state index >= 15 is 0 Å². The van der Waals surface area contributed by atoms with Crippen molar-refractivity contribution in [1.82, 2.24) is 0 Å². The highest BCUT2D eigenvalue weighted by Crippen LogP contribution is 2.38. The molecule has 0 amide bonds. The van der Waals surface area contributed by atoms with Gasteiger partial charge in [-0.05, 0) is 55.0 Å². The molecule has 1 fully saturated rings. The lowest BCUT2D eigenvalue weighted by molar-refractivity contribution is 0.167. The van der Waals surface area contributed by atoms with Gasteiger partial charge < -0.3 is 15.4 Å². The molecule has 1 aliphatic rings. The van der Waals surface area contributed by atoms with Crippen molar-refractivity contribution in [2.45, 2.75) is 26.7 Å². The summed E-state index contributed by atoms with van der Waals surface area (Å²) >= 11 is 0. The molecule has 0 spiro atoms. The number of anilines is 1. The van der Waals surface area contributed by atoms with Crippen LogP contribution in [0, 0.1) is 11.3 Å². The van der Waals surface area contributed by atoms with E-state index in [9.17, 15) is 0 Å². The summed E-state index contributed by atoms with van der Waals surface area (Å²) in [6, 6.07) is 8.37. The van der Waals surface area contributed by atoms with Crippen LogP contribution in [0.15, 0.2) is 24.3 Å². The number of ether oxygens (including phenoxy) is 1. The molecule has 2 rings (SSSR count). The quantitative estimate of drug-likeness (QED) is 0.906. The van der Waals surface area contributed by atoms with Gasteiger partial charge in [0.15, 0.2) is 0 Å². The van der Waals surface area contributed by atoms with Crippen LogP contribution in [0.5, 0.6) is 5.75 Å². The molecule has 106 valence electrons. The maximum Gasteiger partial charge on any atom is 0.119 e. The Morgan fingerprint density at radius 3 is 2.53 bits per heavy atom. The van der Waals surface area contributed by atoms with Crippen LogP contribution in [0.2, 0.25) is 0 Å². The molecule has 1 atom stereocenters. The monoisotopic (exact) mass is 262 g/mol. The zero-order valence-corrected chi connectivity index (χ0v) is 12.4. The summed E-state index contributed by atoms with van der Waals surface area (Å²) in [6.07, 6.45) is 2.37. The van der Waals surface area contributed by atoms with Gasteiger partial charge in [0.1, 0.15) is 5.75 Å². The second-order valence-corrected chi connectivity index (χ2v) is 6.17. The molecule has 0 aromatic heterocycles. The molecule has 3 nitrogen and oxygen atoms in total. The van der Waals surface area contributed by atoms with Crippen molar-refractivity contribution in [3.05, 3.63) is 24.3 Å². The first kappa shape index (κ1) is 14.2. The highest BCUT2D eigenvalue weighted by molar-refractivity contribution is 5.49. The average molecular weight is 262 g/mol. The first-order valence-corrected chi connectivity index (χ1v) is 7.16. The minimum Gasteiger partial charge on any atom is -0.497 e. The van der Waals surface area contributed by atoms with Crippen molar-refractivity contribution < 1.29 is 4.74 Å². The Morgan fingerprint density at radius 2 is 2.00 bits per heavy atom. The second-order valence-electron chi connectivity index (χ2n) is 6.17. The van der Waals surface area contributed by atoms with Crippen LogP contribution in [0.3, 0.4) is 0 Å². The number of nitrogens with two attached hydrogens (primary N) is 1. The smallest absolute Gasteiger partial charge is 0.119 e. The zero-order valence-electron chi connectivity index (χ0n) is 12.4.